The van der Waals surface area contributed by atoms with Gasteiger partial charge in [-0.05, 0) is 31.1 Å². The van der Waals surface area contributed by atoms with Gasteiger partial charge in [0, 0.05) is 0 Å². The topological polar surface area (TPSA) is 0 Å². The normalized spacial score (nSPS) is 10.8. The summed E-state index contributed by atoms with van der Waals surface area (Å²) < 4.78 is 0. The van der Waals surface area contributed by atoms with Crippen molar-refractivity contribution in [3.8, 4) is 0 Å². The van der Waals surface area contributed by atoms with Crippen LogP contribution in [0.5, 0.6) is 0 Å². The monoisotopic (exact) mass is 178 g/mol. The van der Waals surface area contributed by atoms with E-state index in [4.69, 9.17) is 0 Å². The molecule has 0 aliphatic heterocycles. The molecule has 0 aliphatic carbocycles. The minimum Gasteiger partial charge on any atom is -0.103 e. The third-order valence-electron chi connectivity index (χ3n) is 2.51. The molecule has 0 heterocycles. The third kappa shape index (κ3) is 4.12. The van der Waals surface area contributed by atoms with E-state index < -0.39 is 0 Å². The van der Waals surface area contributed by atoms with Gasteiger partial charge >= 0.3 is 0 Å². The summed E-state index contributed by atoms with van der Waals surface area (Å²) in [5.41, 5.74) is 0.347. The van der Waals surface area contributed by atoms with Crippen molar-refractivity contribution in [1.82, 2.24) is 0 Å². The second-order valence-electron chi connectivity index (χ2n) is 3.73. The fourth-order valence-electron chi connectivity index (χ4n) is 2.01. The standard InChI is InChI=1S/C13H22/c1-5-9-13(10-6-2,11-7-3)12-8-4/h5-7H,1-3,8-12H2,4H3. The van der Waals surface area contributed by atoms with Gasteiger partial charge in [-0.3, -0.25) is 0 Å². The van der Waals surface area contributed by atoms with Gasteiger partial charge in [0.15, 0.2) is 0 Å². The van der Waals surface area contributed by atoms with E-state index in [2.05, 4.69) is 26.7 Å². The Bertz CT molecular complexity index is 138. The van der Waals surface area contributed by atoms with Crippen molar-refractivity contribution in [1.29, 1.82) is 0 Å². The van der Waals surface area contributed by atoms with Crippen molar-refractivity contribution in [2.75, 3.05) is 0 Å². The Morgan fingerprint density at radius 3 is 1.54 bits per heavy atom. The van der Waals surface area contributed by atoms with Gasteiger partial charge in [-0.1, -0.05) is 31.6 Å². The first-order chi connectivity index (χ1) is 6.24. The molecule has 0 aromatic rings. The zero-order valence-corrected chi connectivity index (χ0v) is 8.89. The summed E-state index contributed by atoms with van der Waals surface area (Å²) in [7, 11) is 0. The lowest BCUT2D eigenvalue weighted by molar-refractivity contribution is 0.269. The number of hydrogen-bond donors (Lipinski definition) is 0. The van der Waals surface area contributed by atoms with Crippen molar-refractivity contribution in [3.05, 3.63) is 38.0 Å². The second kappa shape index (κ2) is 6.71. The molecule has 0 aliphatic rings. The highest BCUT2D eigenvalue weighted by Gasteiger charge is 2.24. The van der Waals surface area contributed by atoms with Crippen molar-refractivity contribution in [2.45, 2.75) is 39.0 Å². The van der Waals surface area contributed by atoms with Gasteiger partial charge in [-0.15, -0.1) is 19.7 Å². The predicted molar refractivity (Wildman–Crippen MR) is 61.8 cm³/mol. The maximum atomic E-state index is 3.82. The van der Waals surface area contributed by atoms with E-state index in [0.29, 0.717) is 5.41 Å². The summed E-state index contributed by atoms with van der Waals surface area (Å²) in [4.78, 5) is 0. The first-order valence-electron chi connectivity index (χ1n) is 5.07. The molecule has 0 saturated heterocycles. The molecule has 0 radical (unpaired) electrons. The van der Waals surface area contributed by atoms with E-state index in [1.54, 1.807) is 0 Å². The van der Waals surface area contributed by atoms with E-state index in [1.165, 1.54) is 12.8 Å². The van der Waals surface area contributed by atoms with Crippen LogP contribution in [0.1, 0.15) is 39.0 Å². The van der Waals surface area contributed by atoms with Crippen molar-refractivity contribution >= 4 is 0 Å². The zero-order valence-electron chi connectivity index (χ0n) is 8.89. The lowest BCUT2D eigenvalue weighted by Crippen LogP contribution is -2.18. The minimum atomic E-state index is 0.347. The van der Waals surface area contributed by atoms with Crippen LogP contribution in [0.25, 0.3) is 0 Å². The van der Waals surface area contributed by atoms with Gasteiger partial charge in [0.1, 0.15) is 0 Å². The first kappa shape index (κ1) is 12.2. The van der Waals surface area contributed by atoms with Gasteiger partial charge in [0.2, 0.25) is 0 Å². The largest absolute Gasteiger partial charge is 0.103 e. The van der Waals surface area contributed by atoms with Crippen LogP contribution in [0.15, 0.2) is 38.0 Å². The fraction of sp³-hybridized carbons (Fsp3) is 0.538. The Balaban J connectivity index is 4.44. The molecular formula is C13H22. The summed E-state index contributed by atoms with van der Waals surface area (Å²) >= 11 is 0. The Kier molecular flexibility index (Phi) is 6.30. The Labute approximate surface area is 83.0 Å². The number of allylic oxidation sites excluding steroid dienone is 3. The Morgan fingerprint density at radius 2 is 1.31 bits per heavy atom. The van der Waals surface area contributed by atoms with Crippen molar-refractivity contribution < 1.29 is 0 Å². The highest BCUT2D eigenvalue weighted by molar-refractivity contribution is 4.95. The molecule has 0 heteroatoms. The molecule has 0 spiro atoms. The predicted octanol–water partition coefficient (Wildman–Crippen LogP) is 4.50. The minimum absolute atomic E-state index is 0.347. The van der Waals surface area contributed by atoms with Gasteiger partial charge in [0.05, 0.1) is 0 Å². The van der Waals surface area contributed by atoms with E-state index >= 15 is 0 Å². The molecule has 74 valence electrons. The lowest BCUT2D eigenvalue weighted by Gasteiger charge is -2.30. The molecule has 13 heavy (non-hydrogen) atoms. The summed E-state index contributed by atoms with van der Waals surface area (Å²) in [5.74, 6) is 0. The molecule has 0 N–H and O–H groups in total. The molecule has 0 atom stereocenters. The van der Waals surface area contributed by atoms with Gasteiger partial charge < -0.3 is 0 Å². The molecule has 0 rings (SSSR count). The zero-order chi connectivity index (χ0) is 10.2. The summed E-state index contributed by atoms with van der Waals surface area (Å²) in [5, 5.41) is 0. The van der Waals surface area contributed by atoms with Crippen molar-refractivity contribution in [2.24, 2.45) is 5.41 Å². The third-order valence-corrected chi connectivity index (χ3v) is 2.51. The summed E-state index contributed by atoms with van der Waals surface area (Å²) in [6.45, 7) is 13.7. The van der Waals surface area contributed by atoms with Crippen LogP contribution >= 0.6 is 0 Å². The van der Waals surface area contributed by atoms with Gasteiger partial charge in [-0.25, -0.2) is 0 Å². The average Bonchev–Trinajstić information content (AvgIpc) is 2.06. The van der Waals surface area contributed by atoms with Crippen LogP contribution in [0.3, 0.4) is 0 Å². The molecule has 0 amide bonds. The van der Waals surface area contributed by atoms with Crippen LogP contribution in [0.4, 0.5) is 0 Å². The molecule has 0 fully saturated rings. The molecular weight excluding hydrogens is 156 g/mol. The second-order valence-corrected chi connectivity index (χ2v) is 3.73. The molecule has 0 saturated carbocycles. The van der Waals surface area contributed by atoms with E-state index in [-0.39, 0.29) is 0 Å². The van der Waals surface area contributed by atoms with Gasteiger partial charge in [0.25, 0.3) is 0 Å². The van der Waals surface area contributed by atoms with Crippen LogP contribution in [0.2, 0.25) is 0 Å². The maximum absolute atomic E-state index is 3.82. The fourth-order valence-corrected chi connectivity index (χ4v) is 2.01. The average molecular weight is 178 g/mol. The van der Waals surface area contributed by atoms with Crippen LogP contribution in [-0.2, 0) is 0 Å². The van der Waals surface area contributed by atoms with Crippen molar-refractivity contribution in [3.63, 3.8) is 0 Å². The van der Waals surface area contributed by atoms with Crippen LogP contribution in [-0.4, -0.2) is 0 Å². The van der Waals surface area contributed by atoms with E-state index in [0.717, 1.165) is 19.3 Å². The summed E-state index contributed by atoms with van der Waals surface area (Å²) in [6, 6.07) is 0. The number of hydrogen-bond acceptors (Lipinski definition) is 0. The Morgan fingerprint density at radius 1 is 0.923 bits per heavy atom. The van der Waals surface area contributed by atoms with Crippen LogP contribution in [0, 0.1) is 5.41 Å². The Hall–Kier alpha value is -0.780. The lowest BCUT2D eigenvalue weighted by atomic mass is 9.74. The highest BCUT2D eigenvalue weighted by atomic mass is 14.3. The van der Waals surface area contributed by atoms with Gasteiger partial charge in [-0.2, -0.15) is 0 Å². The molecule has 0 aromatic heterocycles. The maximum Gasteiger partial charge on any atom is -0.0194 e. The summed E-state index contributed by atoms with van der Waals surface area (Å²) in [6.07, 6.45) is 11.7. The molecule has 0 aromatic carbocycles. The van der Waals surface area contributed by atoms with E-state index in [9.17, 15) is 0 Å². The highest BCUT2D eigenvalue weighted by Crippen LogP contribution is 2.37. The molecule has 0 bridgehead atoms. The van der Waals surface area contributed by atoms with E-state index in [1.807, 2.05) is 18.2 Å². The van der Waals surface area contributed by atoms with Crippen LogP contribution < -0.4 is 0 Å². The number of rotatable bonds is 8. The molecule has 0 unspecified atom stereocenters. The smallest absolute Gasteiger partial charge is 0.0194 e. The SMILES string of the molecule is C=CCC(CC=C)(CC=C)CCC. The first-order valence-corrected chi connectivity index (χ1v) is 5.07. The molecule has 0 nitrogen and oxygen atoms in total. The quantitative estimate of drug-likeness (QED) is 0.480.